The van der Waals surface area contributed by atoms with Gasteiger partial charge in [-0.25, -0.2) is 0 Å². The molecule has 2 rings (SSSR count). The third kappa shape index (κ3) is 2.84. The Morgan fingerprint density at radius 2 is 2.25 bits per heavy atom. The summed E-state index contributed by atoms with van der Waals surface area (Å²) in [6, 6.07) is 8.86. The predicted molar refractivity (Wildman–Crippen MR) is 69.3 cm³/mol. The average Bonchev–Trinajstić information content (AvgIpc) is 2.64. The summed E-state index contributed by atoms with van der Waals surface area (Å²) in [6.45, 7) is 2.15. The summed E-state index contributed by atoms with van der Waals surface area (Å²) in [4.78, 5) is 0. The lowest BCUT2D eigenvalue weighted by Crippen LogP contribution is -2.37. The molecule has 2 N–H and O–H groups in total. The molecule has 0 aromatic heterocycles. The predicted octanol–water partition coefficient (Wildman–Crippen LogP) is 3.01. The van der Waals surface area contributed by atoms with Gasteiger partial charge in [0, 0.05) is 16.6 Å². The van der Waals surface area contributed by atoms with Crippen molar-refractivity contribution >= 4 is 15.9 Å². The first-order chi connectivity index (χ1) is 7.66. The highest BCUT2D eigenvalue weighted by molar-refractivity contribution is 9.10. The number of benzene rings is 1. The molecule has 0 heterocycles. The summed E-state index contributed by atoms with van der Waals surface area (Å²) in [5, 5.41) is 13.3. The van der Waals surface area contributed by atoms with E-state index in [1.165, 1.54) is 5.56 Å². The molecular weight excluding hydrogens is 266 g/mol. The molecule has 1 aliphatic carbocycles. The van der Waals surface area contributed by atoms with E-state index in [2.05, 4.69) is 40.3 Å². The van der Waals surface area contributed by atoms with Gasteiger partial charge >= 0.3 is 0 Å². The second kappa shape index (κ2) is 5.30. The van der Waals surface area contributed by atoms with Crippen LogP contribution >= 0.6 is 15.9 Å². The molecule has 0 aliphatic heterocycles. The Balaban J connectivity index is 1.99. The molecular formula is C13H18BrNO. The maximum absolute atomic E-state index is 9.77. The van der Waals surface area contributed by atoms with E-state index in [4.69, 9.17) is 0 Å². The topological polar surface area (TPSA) is 32.3 Å². The Morgan fingerprint density at radius 1 is 1.44 bits per heavy atom. The van der Waals surface area contributed by atoms with Gasteiger partial charge in [-0.2, -0.15) is 0 Å². The van der Waals surface area contributed by atoms with Gasteiger partial charge in [-0.1, -0.05) is 28.1 Å². The van der Waals surface area contributed by atoms with Crippen LogP contribution in [0.15, 0.2) is 28.7 Å². The molecule has 88 valence electrons. The molecule has 1 aromatic rings. The molecule has 0 amide bonds. The number of hydrogen-bond acceptors (Lipinski definition) is 2. The second-order valence-corrected chi connectivity index (χ2v) is 5.46. The Morgan fingerprint density at radius 3 is 2.88 bits per heavy atom. The Hall–Kier alpha value is -0.380. The quantitative estimate of drug-likeness (QED) is 0.894. The lowest BCUT2D eigenvalue weighted by atomic mass is 10.1. The number of aliphatic hydroxyl groups excluding tert-OH is 1. The summed E-state index contributed by atoms with van der Waals surface area (Å²) in [5.41, 5.74) is 1.26. The first kappa shape index (κ1) is 12.1. The molecule has 1 fully saturated rings. The Labute approximate surface area is 105 Å². The van der Waals surface area contributed by atoms with Crippen molar-refractivity contribution in [1.29, 1.82) is 0 Å². The van der Waals surface area contributed by atoms with E-state index >= 15 is 0 Å². The van der Waals surface area contributed by atoms with E-state index < -0.39 is 0 Å². The highest BCUT2D eigenvalue weighted by Gasteiger charge is 2.26. The molecule has 16 heavy (non-hydrogen) atoms. The minimum Gasteiger partial charge on any atom is -0.392 e. The van der Waals surface area contributed by atoms with Gasteiger partial charge in [0.05, 0.1) is 6.10 Å². The Bertz CT molecular complexity index is 356. The van der Waals surface area contributed by atoms with Crippen LogP contribution in [0, 0.1) is 0 Å². The van der Waals surface area contributed by atoms with Crippen LogP contribution in [-0.2, 0) is 0 Å². The average molecular weight is 284 g/mol. The zero-order valence-electron chi connectivity index (χ0n) is 9.49. The van der Waals surface area contributed by atoms with Crippen LogP contribution in [0.1, 0.15) is 37.8 Å². The number of hydrogen-bond donors (Lipinski definition) is 2. The van der Waals surface area contributed by atoms with Crippen LogP contribution in [0.3, 0.4) is 0 Å². The van der Waals surface area contributed by atoms with Crippen LogP contribution in [0.5, 0.6) is 0 Å². The van der Waals surface area contributed by atoms with E-state index in [9.17, 15) is 5.11 Å². The molecule has 3 heteroatoms. The Kier molecular flexibility index (Phi) is 4.00. The molecule has 1 aliphatic rings. The summed E-state index contributed by atoms with van der Waals surface area (Å²) < 4.78 is 1.10. The van der Waals surface area contributed by atoms with Gasteiger partial charge in [0.1, 0.15) is 0 Å². The first-order valence-electron chi connectivity index (χ1n) is 5.86. The molecule has 1 saturated carbocycles. The van der Waals surface area contributed by atoms with Crippen molar-refractivity contribution in [3.05, 3.63) is 34.3 Å². The van der Waals surface area contributed by atoms with E-state index in [0.29, 0.717) is 0 Å². The number of aliphatic hydroxyl groups is 1. The van der Waals surface area contributed by atoms with Crippen LogP contribution in [-0.4, -0.2) is 17.3 Å². The molecule has 1 aromatic carbocycles. The lowest BCUT2D eigenvalue weighted by Gasteiger charge is -2.22. The van der Waals surface area contributed by atoms with Gasteiger partial charge in [-0.05, 0) is 43.9 Å². The van der Waals surface area contributed by atoms with Crippen LogP contribution in [0.2, 0.25) is 0 Å². The zero-order valence-corrected chi connectivity index (χ0v) is 11.1. The third-order valence-electron chi connectivity index (χ3n) is 3.29. The van der Waals surface area contributed by atoms with Gasteiger partial charge in [0.25, 0.3) is 0 Å². The van der Waals surface area contributed by atoms with Crippen molar-refractivity contribution in [2.24, 2.45) is 0 Å². The summed E-state index contributed by atoms with van der Waals surface area (Å²) in [5.74, 6) is 0. The van der Waals surface area contributed by atoms with Crippen molar-refractivity contribution in [1.82, 2.24) is 5.32 Å². The standard InChI is InChI=1S/C13H18BrNO/c1-9(10-4-2-5-11(14)8-10)15-12-6-3-7-13(12)16/h2,4-5,8-9,12-13,15-16H,3,6-7H2,1H3/t9-,12+,13+/m0/s1. The van der Waals surface area contributed by atoms with Gasteiger partial charge in [0.15, 0.2) is 0 Å². The van der Waals surface area contributed by atoms with Gasteiger partial charge in [-0.3, -0.25) is 0 Å². The minimum absolute atomic E-state index is 0.172. The van der Waals surface area contributed by atoms with E-state index in [1.807, 2.05) is 12.1 Å². The number of halogens is 1. The number of rotatable bonds is 3. The molecule has 0 unspecified atom stereocenters. The van der Waals surface area contributed by atoms with Crippen molar-refractivity contribution in [3.8, 4) is 0 Å². The van der Waals surface area contributed by atoms with Gasteiger partial charge < -0.3 is 10.4 Å². The van der Waals surface area contributed by atoms with Crippen LogP contribution < -0.4 is 5.32 Å². The first-order valence-corrected chi connectivity index (χ1v) is 6.65. The van der Waals surface area contributed by atoms with Crippen molar-refractivity contribution in [2.45, 2.75) is 44.4 Å². The molecule has 0 radical (unpaired) electrons. The molecule has 0 spiro atoms. The second-order valence-electron chi connectivity index (χ2n) is 4.55. The SMILES string of the molecule is C[C@H](N[C@@H]1CCC[C@H]1O)c1cccc(Br)c1. The summed E-state index contributed by atoms with van der Waals surface area (Å²) >= 11 is 3.48. The maximum Gasteiger partial charge on any atom is 0.0693 e. The zero-order chi connectivity index (χ0) is 11.5. The highest BCUT2D eigenvalue weighted by atomic mass is 79.9. The van der Waals surface area contributed by atoms with Crippen molar-refractivity contribution in [2.75, 3.05) is 0 Å². The van der Waals surface area contributed by atoms with Crippen molar-refractivity contribution in [3.63, 3.8) is 0 Å². The fourth-order valence-electron chi connectivity index (χ4n) is 2.33. The summed E-state index contributed by atoms with van der Waals surface area (Å²) in [7, 11) is 0. The van der Waals surface area contributed by atoms with Crippen LogP contribution in [0.4, 0.5) is 0 Å². The monoisotopic (exact) mass is 283 g/mol. The lowest BCUT2D eigenvalue weighted by molar-refractivity contribution is 0.144. The van der Waals surface area contributed by atoms with Gasteiger partial charge in [-0.15, -0.1) is 0 Å². The molecule has 0 bridgehead atoms. The molecule has 2 nitrogen and oxygen atoms in total. The molecule has 0 saturated heterocycles. The maximum atomic E-state index is 9.77. The van der Waals surface area contributed by atoms with E-state index in [1.54, 1.807) is 0 Å². The largest absolute Gasteiger partial charge is 0.392 e. The van der Waals surface area contributed by atoms with E-state index in [0.717, 1.165) is 23.7 Å². The molecule has 3 atom stereocenters. The fraction of sp³-hybridized carbons (Fsp3) is 0.538. The highest BCUT2D eigenvalue weighted by Crippen LogP contribution is 2.23. The fourth-order valence-corrected chi connectivity index (χ4v) is 2.75. The smallest absolute Gasteiger partial charge is 0.0693 e. The van der Waals surface area contributed by atoms with Crippen molar-refractivity contribution < 1.29 is 5.11 Å². The third-order valence-corrected chi connectivity index (χ3v) is 3.79. The number of nitrogens with one attached hydrogen (secondary N) is 1. The normalized spacial score (nSPS) is 26.9. The van der Waals surface area contributed by atoms with Crippen LogP contribution in [0.25, 0.3) is 0 Å². The van der Waals surface area contributed by atoms with E-state index in [-0.39, 0.29) is 18.2 Å². The summed E-state index contributed by atoms with van der Waals surface area (Å²) in [6.07, 6.45) is 2.97. The van der Waals surface area contributed by atoms with Gasteiger partial charge in [0.2, 0.25) is 0 Å². The minimum atomic E-state index is -0.172.